The molecule has 0 radical (unpaired) electrons. The number of rotatable bonds is 7. The Morgan fingerprint density at radius 3 is 2.50 bits per heavy atom. The molecule has 0 aliphatic rings. The summed E-state index contributed by atoms with van der Waals surface area (Å²) < 4.78 is 0. The fraction of sp³-hybridized carbons (Fsp3) is 0.800. The summed E-state index contributed by atoms with van der Waals surface area (Å²) >= 11 is 0. The number of hydrogen-bond donors (Lipinski definition) is 4. The van der Waals surface area contributed by atoms with Crippen molar-refractivity contribution in [3.63, 3.8) is 0 Å². The van der Waals surface area contributed by atoms with Gasteiger partial charge in [-0.15, -0.1) is 0 Å². The lowest BCUT2D eigenvalue weighted by atomic mass is 9.99. The Bertz CT molecular complexity index is 233. The van der Waals surface area contributed by atoms with Gasteiger partial charge in [0.2, 0.25) is 0 Å². The molecular formula is C10H21N3O3. The zero-order valence-electron chi connectivity index (χ0n) is 9.82. The number of urea groups is 1. The van der Waals surface area contributed by atoms with Crippen LogP contribution in [-0.2, 0) is 4.79 Å². The van der Waals surface area contributed by atoms with Crippen molar-refractivity contribution in [2.45, 2.75) is 32.7 Å². The monoisotopic (exact) mass is 231 g/mol. The summed E-state index contributed by atoms with van der Waals surface area (Å²) in [5, 5.41) is 13.9. The number of carboxylic acids is 1. The molecule has 2 amide bonds. The van der Waals surface area contributed by atoms with Crippen molar-refractivity contribution in [1.82, 2.24) is 10.6 Å². The lowest BCUT2D eigenvalue weighted by molar-refractivity contribution is -0.140. The number of nitrogens with two attached hydrogens (primary N) is 1. The lowest BCUT2D eigenvalue weighted by Crippen LogP contribution is -2.49. The summed E-state index contributed by atoms with van der Waals surface area (Å²) in [4.78, 5) is 22.2. The number of carbonyl (C=O) groups is 2. The molecule has 2 atom stereocenters. The summed E-state index contributed by atoms with van der Waals surface area (Å²) in [6.45, 7) is 4.62. The van der Waals surface area contributed by atoms with Crippen molar-refractivity contribution in [3.8, 4) is 0 Å². The van der Waals surface area contributed by atoms with Gasteiger partial charge < -0.3 is 21.5 Å². The average molecular weight is 231 g/mol. The van der Waals surface area contributed by atoms with Crippen LogP contribution in [0.25, 0.3) is 0 Å². The summed E-state index contributed by atoms with van der Waals surface area (Å²) in [6.07, 6.45) is 1.37. The SMILES string of the molecule is CCC(C)C(NC(=O)NCCCN)C(=O)O. The molecule has 0 aliphatic heterocycles. The maximum absolute atomic E-state index is 11.3. The molecule has 2 unspecified atom stereocenters. The molecule has 94 valence electrons. The van der Waals surface area contributed by atoms with Crippen LogP contribution in [-0.4, -0.2) is 36.2 Å². The van der Waals surface area contributed by atoms with E-state index in [0.717, 1.165) is 0 Å². The predicted molar refractivity (Wildman–Crippen MR) is 61.1 cm³/mol. The van der Waals surface area contributed by atoms with Crippen molar-refractivity contribution in [3.05, 3.63) is 0 Å². The zero-order chi connectivity index (χ0) is 12.6. The Labute approximate surface area is 95.6 Å². The van der Waals surface area contributed by atoms with Crippen LogP contribution < -0.4 is 16.4 Å². The molecule has 6 heteroatoms. The summed E-state index contributed by atoms with van der Waals surface area (Å²) in [5.41, 5.74) is 5.27. The van der Waals surface area contributed by atoms with E-state index in [4.69, 9.17) is 10.8 Å². The summed E-state index contributed by atoms with van der Waals surface area (Å²) in [7, 11) is 0. The van der Waals surface area contributed by atoms with Gasteiger partial charge in [-0.1, -0.05) is 20.3 Å². The quantitative estimate of drug-likeness (QED) is 0.467. The van der Waals surface area contributed by atoms with E-state index in [1.807, 2.05) is 6.92 Å². The Morgan fingerprint density at radius 1 is 1.44 bits per heavy atom. The molecule has 0 saturated heterocycles. The third-order valence-electron chi connectivity index (χ3n) is 2.43. The van der Waals surface area contributed by atoms with E-state index in [2.05, 4.69) is 10.6 Å². The van der Waals surface area contributed by atoms with E-state index < -0.39 is 18.0 Å². The van der Waals surface area contributed by atoms with E-state index in [0.29, 0.717) is 25.9 Å². The van der Waals surface area contributed by atoms with Crippen LogP contribution in [0.3, 0.4) is 0 Å². The van der Waals surface area contributed by atoms with Crippen LogP contribution >= 0.6 is 0 Å². The minimum atomic E-state index is -1.01. The van der Waals surface area contributed by atoms with Gasteiger partial charge in [-0.2, -0.15) is 0 Å². The first-order valence-electron chi connectivity index (χ1n) is 5.50. The first kappa shape index (κ1) is 14.7. The first-order valence-corrected chi connectivity index (χ1v) is 5.50. The van der Waals surface area contributed by atoms with Crippen molar-refractivity contribution < 1.29 is 14.7 Å². The van der Waals surface area contributed by atoms with Gasteiger partial charge in [-0.3, -0.25) is 0 Å². The molecule has 0 aliphatic carbocycles. The maximum Gasteiger partial charge on any atom is 0.326 e. The Morgan fingerprint density at radius 2 is 2.06 bits per heavy atom. The molecule has 0 aromatic carbocycles. The highest BCUT2D eigenvalue weighted by Crippen LogP contribution is 2.07. The van der Waals surface area contributed by atoms with E-state index in [1.165, 1.54) is 0 Å². The van der Waals surface area contributed by atoms with Gasteiger partial charge in [-0.05, 0) is 18.9 Å². The van der Waals surface area contributed by atoms with Crippen molar-refractivity contribution in [2.75, 3.05) is 13.1 Å². The number of carboxylic acid groups (broad SMARTS) is 1. The van der Waals surface area contributed by atoms with Gasteiger partial charge in [0, 0.05) is 6.54 Å². The highest BCUT2D eigenvalue weighted by Gasteiger charge is 2.24. The average Bonchev–Trinajstić information content (AvgIpc) is 2.25. The van der Waals surface area contributed by atoms with Crippen LogP contribution in [0.2, 0.25) is 0 Å². The molecule has 0 aromatic rings. The molecule has 6 nitrogen and oxygen atoms in total. The highest BCUT2D eigenvalue weighted by atomic mass is 16.4. The van der Waals surface area contributed by atoms with Crippen LogP contribution in [0.5, 0.6) is 0 Å². The second-order valence-electron chi connectivity index (χ2n) is 3.74. The van der Waals surface area contributed by atoms with Crippen LogP contribution in [0.15, 0.2) is 0 Å². The van der Waals surface area contributed by atoms with Crippen LogP contribution in [0.1, 0.15) is 26.7 Å². The van der Waals surface area contributed by atoms with Crippen LogP contribution in [0, 0.1) is 5.92 Å². The maximum atomic E-state index is 11.3. The van der Waals surface area contributed by atoms with E-state index in [1.54, 1.807) is 6.92 Å². The van der Waals surface area contributed by atoms with Crippen molar-refractivity contribution in [2.24, 2.45) is 11.7 Å². The molecular weight excluding hydrogens is 210 g/mol. The van der Waals surface area contributed by atoms with E-state index in [9.17, 15) is 9.59 Å². The standard InChI is InChI=1S/C10H21N3O3/c1-3-7(2)8(9(14)15)13-10(16)12-6-4-5-11/h7-8H,3-6,11H2,1-2H3,(H,14,15)(H2,12,13,16). The Hall–Kier alpha value is -1.30. The third-order valence-corrected chi connectivity index (χ3v) is 2.43. The van der Waals surface area contributed by atoms with E-state index in [-0.39, 0.29) is 5.92 Å². The number of amides is 2. The normalized spacial score (nSPS) is 13.9. The third kappa shape index (κ3) is 5.55. The number of hydrogen-bond acceptors (Lipinski definition) is 3. The van der Waals surface area contributed by atoms with E-state index >= 15 is 0 Å². The second kappa shape index (κ2) is 7.92. The largest absolute Gasteiger partial charge is 0.480 e. The Balaban J connectivity index is 4.09. The molecule has 16 heavy (non-hydrogen) atoms. The molecule has 5 N–H and O–H groups in total. The molecule has 0 fully saturated rings. The van der Waals surface area contributed by atoms with Gasteiger partial charge in [0.1, 0.15) is 6.04 Å². The number of nitrogens with one attached hydrogen (secondary N) is 2. The predicted octanol–water partition coefficient (Wildman–Crippen LogP) is 0.134. The van der Waals surface area contributed by atoms with Gasteiger partial charge >= 0.3 is 12.0 Å². The Kier molecular flexibility index (Phi) is 7.28. The van der Waals surface area contributed by atoms with Crippen molar-refractivity contribution >= 4 is 12.0 Å². The fourth-order valence-corrected chi connectivity index (χ4v) is 1.18. The summed E-state index contributed by atoms with van der Waals surface area (Å²) in [6, 6.07) is -1.30. The molecule has 0 rings (SSSR count). The zero-order valence-corrected chi connectivity index (χ0v) is 9.82. The van der Waals surface area contributed by atoms with Gasteiger partial charge in [0.15, 0.2) is 0 Å². The molecule has 0 bridgehead atoms. The first-order chi connectivity index (χ1) is 7.52. The summed E-state index contributed by atoms with van der Waals surface area (Å²) in [5.74, 6) is -1.11. The number of aliphatic carboxylic acids is 1. The van der Waals surface area contributed by atoms with Gasteiger partial charge in [0.25, 0.3) is 0 Å². The number of carbonyl (C=O) groups excluding carboxylic acids is 1. The minimum Gasteiger partial charge on any atom is -0.480 e. The fourth-order valence-electron chi connectivity index (χ4n) is 1.18. The van der Waals surface area contributed by atoms with Gasteiger partial charge in [0.05, 0.1) is 0 Å². The van der Waals surface area contributed by atoms with Gasteiger partial charge in [-0.25, -0.2) is 9.59 Å². The molecule has 0 aromatic heterocycles. The topological polar surface area (TPSA) is 104 Å². The minimum absolute atomic E-state index is 0.0993. The molecule has 0 spiro atoms. The highest BCUT2D eigenvalue weighted by molar-refractivity contribution is 5.82. The molecule has 0 saturated carbocycles. The van der Waals surface area contributed by atoms with Crippen molar-refractivity contribution in [1.29, 1.82) is 0 Å². The molecule has 0 heterocycles. The smallest absolute Gasteiger partial charge is 0.326 e. The lowest BCUT2D eigenvalue weighted by Gasteiger charge is -2.20. The second-order valence-corrected chi connectivity index (χ2v) is 3.74. The van der Waals surface area contributed by atoms with Crippen LogP contribution in [0.4, 0.5) is 4.79 Å².